The zero-order valence-corrected chi connectivity index (χ0v) is 25.6. The first-order chi connectivity index (χ1) is 21.2. The molecular formula is C34H34N4O5S. The lowest BCUT2D eigenvalue weighted by atomic mass is 9.99. The molecule has 0 aliphatic rings. The number of esters is 1. The summed E-state index contributed by atoms with van der Waals surface area (Å²) in [5, 5.41) is 8.18. The molecule has 0 aliphatic carbocycles. The van der Waals surface area contributed by atoms with E-state index in [1.807, 2.05) is 74.5 Å². The molecule has 3 aromatic carbocycles. The molecule has 9 nitrogen and oxygen atoms in total. The number of hydrogen-bond donors (Lipinski definition) is 3. The lowest BCUT2D eigenvalue weighted by molar-refractivity contribution is -0.147. The molecule has 1 aromatic heterocycles. The fourth-order valence-electron chi connectivity index (χ4n) is 4.96. The Morgan fingerprint density at radius 3 is 2.25 bits per heavy atom. The first-order valence-corrected chi connectivity index (χ1v) is 14.8. The molecule has 4 aromatic rings. The molecule has 44 heavy (non-hydrogen) atoms. The number of H-pyrrole nitrogens is 1. The van der Waals surface area contributed by atoms with Gasteiger partial charge in [0.25, 0.3) is 11.7 Å². The van der Waals surface area contributed by atoms with Crippen LogP contribution in [0.25, 0.3) is 22.2 Å². The van der Waals surface area contributed by atoms with Gasteiger partial charge in [-0.2, -0.15) is 4.99 Å². The van der Waals surface area contributed by atoms with Crippen LogP contribution in [0.4, 0.5) is 5.69 Å². The van der Waals surface area contributed by atoms with Gasteiger partial charge in [0.05, 0.1) is 28.7 Å². The summed E-state index contributed by atoms with van der Waals surface area (Å²) in [6.07, 6.45) is 0.438. The van der Waals surface area contributed by atoms with E-state index in [0.29, 0.717) is 27.8 Å². The maximum atomic E-state index is 13.9. The predicted molar refractivity (Wildman–Crippen MR) is 173 cm³/mol. The van der Waals surface area contributed by atoms with Gasteiger partial charge in [-0.1, -0.05) is 74.5 Å². The highest BCUT2D eigenvalue weighted by Crippen LogP contribution is 2.33. The van der Waals surface area contributed by atoms with Crippen LogP contribution in [0.15, 0.2) is 83.9 Å². The van der Waals surface area contributed by atoms with Crippen LogP contribution in [0, 0.1) is 5.92 Å². The molecule has 0 aliphatic heterocycles. The number of thiocarbonyl (C=S) groups is 1. The number of aromatic amines is 1. The summed E-state index contributed by atoms with van der Waals surface area (Å²) >= 11 is 4.75. The minimum absolute atomic E-state index is 0.0145. The van der Waals surface area contributed by atoms with Crippen LogP contribution in [0.3, 0.4) is 0 Å². The molecule has 2 atom stereocenters. The van der Waals surface area contributed by atoms with Gasteiger partial charge >= 0.3 is 5.97 Å². The second-order valence-corrected chi connectivity index (χ2v) is 10.8. The van der Waals surface area contributed by atoms with E-state index in [9.17, 15) is 19.2 Å². The van der Waals surface area contributed by atoms with E-state index in [0.717, 1.165) is 5.56 Å². The summed E-state index contributed by atoms with van der Waals surface area (Å²) in [6, 6.07) is 21.5. The van der Waals surface area contributed by atoms with E-state index in [4.69, 9.17) is 17.0 Å². The summed E-state index contributed by atoms with van der Waals surface area (Å²) in [5.41, 5.74) is 3.23. The quantitative estimate of drug-likeness (QED) is 0.0597. The number of nitrogens with one attached hydrogen (secondary N) is 3. The molecule has 0 fully saturated rings. The van der Waals surface area contributed by atoms with Gasteiger partial charge in [0.15, 0.2) is 0 Å². The molecule has 0 saturated heterocycles. The van der Waals surface area contributed by atoms with Crippen LogP contribution >= 0.6 is 12.2 Å². The monoisotopic (exact) mass is 610 g/mol. The molecule has 4 rings (SSSR count). The van der Waals surface area contributed by atoms with Crippen molar-refractivity contribution in [1.82, 2.24) is 15.6 Å². The third-order valence-electron chi connectivity index (χ3n) is 6.95. The Kier molecular flexibility index (Phi) is 10.9. The number of carbonyl (C=O) groups excluding carboxylic acids is 4. The SMILES string of the molecule is CCOC(=O)[C@@H](Cc1ccccc1)NC(=O)[C@H](CC(C)C)NC(=O)C(=O)c1c(-c2ccccc2)[nH]c2ccc(N=C=S)cc12. The zero-order valence-electron chi connectivity index (χ0n) is 24.8. The lowest BCUT2D eigenvalue weighted by Crippen LogP contribution is -2.54. The third-order valence-corrected chi connectivity index (χ3v) is 7.04. The fourth-order valence-corrected chi connectivity index (χ4v) is 5.06. The average molecular weight is 611 g/mol. The van der Waals surface area contributed by atoms with Crippen molar-refractivity contribution in [2.24, 2.45) is 10.9 Å². The Balaban J connectivity index is 1.64. The van der Waals surface area contributed by atoms with Crippen molar-refractivity contribution in [1.29, 1.82) is 0 Å². The Morgan fingerprint density at radius 1 is 0.932 bits per heavy atom. The van der Waals surface area contributed by atoms with Gasteiger partial charge in [0.1, 0.15) is 12.1 Å². The normalized spacial score (nSPS) is 12.2. The average Bonchev–Trinajstić information content (AvgIpc) is 3.39. The molecule has 0 saturated carbocycles. The van der Waals surface area contributed by atoms with E-state index >= 15 is 0 Å². The van der Waals surface area contributed by atoms with Crippen LogP contribution in [-0.4, -0.2) is 52.4 Å². The summed E-state index contributed by atoms with van der Waals surface area (Å²) in [6.45, 7) is 5.62. The number of isothiocyanates is 1. The molecule has 0 unspecified atom stereocenters. The van der Waals surface area contributed by atoms with Crippen molar-refractivity contribution in [3.05, 3.63) is 90.0 Å². The standard InChI is InChI=1S/C34H34N4O5S/c1-4-43-34(42)28(18-22-11-7-5-8-12-22)38-32(40)27(17-21(2)3)37-33(41)31(39)29-25-19-24(35-20-44)15-16-26(25)36-30(29)23-13-9-6-10-14-23/h5-16,19,21,27-28,36H,4,17-18H2,1-3H3,(H,37,41)(H,38,40)/t27-,28+/m0/s1. The molecule has 0 bridgehead atoms. The minimum atomic E-state index is -1.08. The second kappa shape index (κ2) is 15.0. The van der Waals surface area contributed by atoms with E-state index in [-0.39, 0.29) is 30.9 Å². The van der Waals surface area contributed by atoms with Crippen molar-refractivity contribution in [2.75, 3.05) is 6.61 Å². The largest absolute Gasteiger partial charge is 0.464 e. The van der Waals surface area contributed by atoms with E-state index in [1.54, 1.807) is 25.1 Å². The van der Waals surface area contributed by atoms with Crippen LogP contribution in [0.5, 0.6) is 0 Å². The maximum Gasteiger partial charge on any atom is 0.328 e. The number of hydrogen-bond acceptors (Lipinski definition) is 7. The van der Waals surface area contributed by atoms with Crippen LogP contribution in [0.1, 0.15) is 43.1 Å². The minimum Gasteiger partial charge on any atom is -0.464 e. The number of aliphatic imine (C=N–C) groups is 1. The number of Topliss-reactive ketones (excluding diaryl/α,β-unsaturated/α-hetero) is 1. The van der Waals surface area contributed by atoms with Crippen molar-refractivity contribution in [2.45, 2.75) is 45.7 Å². The van der Waals surface area contributed by atoms with Gasteiger partial charge in [0, 0.05) is 17.3 Å². The van der Waals surface area contributed by atoms with Gasteiger partial charge < -0.3 is 20.4 Å². The summed E-state index contributed by atoms with van der Waals surface area (Å²) < 4.78 is 5.21. The maximum absolute atomic E-state index is 13.9. The number of nitrogens with zero attached hydrogens (tertiary/aromatic N) is 1. The van der Waals surface area contributed by atoms with Crippen molar-refractivity contribution >= 4 is 57.5 Å². The Hall–Kier alpha value is -4.92. The van der Waals surface area contributed by atoms with Gasteiger partial charge in [-0.25, -0.2) is 4.79 Å². The highest BCUT2D eigenvalue weighted by Gasteiger charge is 2.32. The number of amides is 2. The van der Waals surface area contributed by atoms with Crippen LogP contribution in [-0.2, 0) is 25.5 Å². The molecule has 0 radical (unpaired) electrons. The van der Waals surface area contributed by atoms with Gasteiger partial charge in [0.2, 0.25) is 5.91 Å². The smallest absolute Gasteiger partial charge is 0.328 e. The number of carbonyl (C=O) groups is 4. The fraction of sp³-hybridized carbons (Fsp3) is 0.265. The topological polar surface area (TPSA) is 130 Å². The van der Waals surface area contributed by atoms with Gasteiger partial charge in [-0.05, 0) is 60.8 Å². The number of aromatic nitrogens is 1. The van der Waals surface area contributed by atoms with E-state index < -0.39 is 35.7 Å². The van der Waals surface area contributed by atoms with Gasteiger partial charge in [-0.15, -0.1) is 0 Å². The summed E-state index contributed by atoms with van der Waals surface area (Å²) in [5.74, 6) is -2.97. The summed E-state index contributed by atoms with van der Waals surface area (Å²) in [4.78, 5) is 61.1. The highest BCUT2D eigenvalue weighted by atomic mass is 32.1. The number of fused-ring (bicyclic) bond motifs is 1. The molecule has 0 spiro atoms. The highest BCUT2D eigenvalue weighted by molar-refractivity contribution is 7.78. The van der Waals surface area contributed by atoms with Crippen molar-refractivity contribution in [3.63, 3.8) is 0 Å². The number of ketones is 1. The van der Waals surface area contributed by atoms with E-state index in [1.165, 1.54) is 0 Å². The van der Waals surface area contributed by atoms with Crippen molar-refractivity contribution < 1.29 is 23.9 Å². The molecular weight excluding hydrogens is 576 g/mol. The molecule has 10 heteroatoms. The summed E-state index contributed by atoms with van der Waals surface area (Å²) in [7, 11) is 0. The van der Waals surface area contributed by atoms with Crippen LogP contribution in [0.2, 0.25) is 0 Å². The molecule has 3 N–H and O–H groups in total. The predicted octanol–water partition coefficient (Wildman–Crippen LogP) is 5.57. The number of ether oxygens (including phenoxy) is 1. The molecule has 1 heterocycles. The number of rotatable bonds is 13. The first-order valence-electron chi connectivity index (χ1n) is 14.4. The third kappa shape index (κ3) is 7.92. The Morgan fingerprint density at radius 2 is 1.61 bits per heavy atom. The first kappa shape index (κ1) is 32.0. The molecule has 226 valence electrons. The zero-order chi connectivity index (χ0) is 31.6. The van der Waals surface area contributed by atoms with Gasteiger partial charge in [-0.3, -0.25) is 14.4 Å². The van der Waals surface area contributed by atoms with E-state index in [2.05, 4.69) is 25.8 Å². The Labute approximate surface area is 261 Å². The number of benzene rings is 3. The molecule has 2 amide bonds. The second-order valence-electron chi connectivity index (χ2n) is 10.7. The Bertz CT molecular complexity index is 1690. The van der Waals surface area contributed by atoms with Crippen LogP contribution < -0.4 is 10.6 Å². The van der Waals surface area contributed by atoms with Crippen molar-refractivity contribution in [3.8, 4) is 11.3 Å². The lowest BCUT2D eigenvalue weighted by Gasteiger charge is -2.23.